The molecule has 1 saturated carbocycles. The molecule has 10 heteroatoms. The second-order valence-corrected chi connectivity index (χ2v) is 11.0. The van der Waals surface area contributed by atoms with Crippen LogP contribution in [0.5, 0.6) is 0 Å². The van der Waals surface area contributed by atoms with Gasteiger partial charge in [0.05, 0.1) is 24.3 Å². The van der Waals surface area contributed by atoms with Crippen LogP contribution in [0.4, 0.5) is 5.69 Å². The molecule has 1 fully saturated rings. The Balaban J connectivity index is 1.72. The topological polar surface area (TPSA) is 126 Å². The molecule has 0 bridgehead atoms. The lowest BCUT2D eigenvalue weighted by Crippen LogP contribution is -2.48. The van der Waals surface area contributed by atoms with Crippen molar-refractivity contribution in [3.05, 3.63) is 51.1 Å². The summed E-state index contributed by atoms with van der Waals surface area (Å²) in [5, 5.41) is 19.6. The van der Waals surface area contributed by atoms with Crippen molar-refractivity contribution >= 4 is 33.5 Å². The van der Waals surface area contributed by atoms with Gasteiger partial charge in [-0.25, -0.2) is 4.68 Å². The van der Waals surface area contributed by atoms with Crippen LogP contribution in [0.1, 0.15) is 59.1 Å². The van der Waals surface area contributed by atoms with Crippen LogP contribution in [-0.4, -0.2) is 37.8 Å². The Bertz CT molecular complexity index is 1120. The van der Waals surface area contributed by atoms with Crippen molar-refractivity contribution in [2.75, 3.05) is 5.32 Å². The van der Waals surface area contributed by atoms with Gasteiger partial charge in [-0.1, -0.05) is 34.6 Å². The summed E-state index contributed by atoms with van der Waals surface area (Å²) >= 11 is 3.39. The van der Waals surface area contributed by atoms with Gasteiger partial charge in [0.25, 0.3) is 5.56 Å². The van der Waals surface area contributed by atoms with Crippen LogP contribution in [0.3, 0.4) is 0 Å². The van der Waals surface area contributed by atoms with E-state index in [4.69, 9.17) is 0 Å². The molecular formula is C25H34BrN5O4. The lowest BCUT2D eigenvalue weighted by Gasteiger charge is -2.50. The van der Waals surface area contributed by atoms with Crippen LogP contribution in [0.2, 0.25) is 0 Å². The van der Waals surface area contributed by atoms with Gasteiger partial charge in [-0.3, -0.25) is 19.4 Å². The molecule has 0 spiro atoms. The van der Waals surface area contributed by atoms with Gasteiger partial charge in [0.1, 0.15) is 11.0 Å². The Morgan fingerprint density at radius 3 is 2.54 bits per heavy atom. The van der Waals surface area contributed by atoms with Gasteiger partial charge in [-0.2, -0.15) is 5.10 Å². The summed E-state index contributed by atoms with van der Waals surface area (Å²) in [7, 11) is 0. The van der Waals surface area contributed by atoms with Gasteiger partial charge in [0.15, 0.2) is 0 Å². The minimum Gasteiger partial charge on any atom is -0.481 e. The summed E-state index contributed by atoms with van der Waals surface area (Å²) in [6, 6.07) is 2.74. The number of aliphatic carboxylic acids is 1. The fraction of sp³-hybridized carbons (Fsp3) is 0.560. The minimum absolute atomic E-state index is 0.196. The highest BCUT2D eigenvalue weighted by Crippen LogP contribution is 2.48. The van der Waals surface area contributed by atoms with Crippen LogP contribution in [-0.2, 0) is 16.1 Å². The van der Waals surface area contributed by atoms with Gasteiger partial charge >= 0.3 is 5.97 Å². The molecule has 1 aliphatic rings. The Labute approximate surface area is 213 Å². The average Bonchev–Trinajstić information content (AvgIpc) is 2.81. The molecule has 35 heavy (non-hydrogen) atoms. The molecule has 3 rings (SSSR count). The van der Waals surface area contributed by atoms with Crippen LogP contribution >= 0.6 is 15.9 Å². The molecule has 0 radical (unpaired) electrons. The average molecular weight is 548 g/mol. The number of amides is 1. The monoisotopic (exact) mass is 547 g/mol. The Morgan fingerprint density at radius 1 is 1.26 bits per heavy atom. The van der Waals surface area contributed by atoms with Crippen LogP contribution in [0.25, 0.3) is 0 Å². The van der Waals surface area contributed by atoms with Crippen molar-refractivity contribution in [3.63, 3.8) is 0 Å². The lowest BCUT2D eigenvalue weighted by molar-refractivity contribution is -0.137. The first-order valence-electron chi connectivity index (χ1n) is 11.8. The van der Waals surface area contributed by atoms with Gasteiger partial charge < -0.3 is 15.7 Å². The number of nitrogens with one attached hydrogen (secondary N) is 2. The van der Waals surface area contributed by atoms with Crippen LogP contribution in [0.15, 0.2) is 40.0 Å². The van der Waals surface area contributed by atoms with Gasteiger partial charge in [-0.15, -0.1) is 0 Å². The zero-order valence-electron chi connectivity index (χ0n) is 20.8. The number of carbonyl (C=O) groups is 2. The van der Waals surface area contributed by atoms with E-state index >= 15 is 0 Å². The van der Waals surface area contributed by atoms with E-state index in [-0.39, 0.29) is 24.4 Å². The molecule has 1 aliphatic carbocycles. The predicted molar refractivity (Wildman–Crippen MR) is 137 cm³/mol. The highest BCUT2D eigenvalue weighted by molar-refractivity contribution is 9.10. The number of anilines is 1. The molecule has 2 heterocycles. The van der Waals surface area contributed by atoms with E-state index in [2.05, 4.69) is 71.3 Å². The maximum absolute atomic E-state index is 12.9. The zero-order chi connectivity index (χ0) is 25.9. The fourth-order valence-corrected chi connectivity index (χ4v) is 5.26. The van der Waals surface area contributed by atoms with Gasteiger partial charge in [-0.05, 0) is 63.2 Å². The van der Waals surface area contributed by atoms with E-state index in [0.717, 1.165) is 11.1 Å². The number of halogens is 1. The quantitative estimate of drug-likeness (QED) is 0.458. The normalized spacial score (nSPS) is 24.4. The molecule has 1 amide bonds. The third-order valence-electron chi connectivity index (χ3n) is 7.92. The first kappa shape index (κ1) is 26.8. The van der Waals surface area contributed by atoms with Crippen molar-refractivity contribution in [1.29, 1.82) is 0 Å². The maximum Gasteiger partial charge on any atom is 0.305 e. The molecular weight excluding hydrogens is 514 g/mol. The number of carboxylic acids is 1. The Morgan fingerprint density at radius 2 is 1.91 bits per heavy atom. The second-order valence-electron chi connectivity index (χ2n) is 10.2. The van der Waals surface area contributed by atoms with Crippen molar-refractivity contribution in [2.45, 2.75) is 66.1 Å². The van der Waals surface area contributed by atoms with E-state index in [1.165, 1.54) is 12.4 Å². The number of nitrogens with zero attached hydrogens (tertiary/aromatic N) is 3. The maximum atomic E-state index is 12.9. The number of hydrogen-bond acceptors (Lipinski definition) is 6. The molecule has 0 aliphatic heterocycles. The molecule has 3 N–H and O–H groups in total. The molecule has 0 aromatic carbocycles. The van der Waals surface area contributed by atoms with Crippen molar-refractivity contribution in [2.24, 2.45) is 23.2 Å². The number of carbonyl (C=O) groups excluding carboxylic acids is 1. The summed E-state index contributed by atoms with van der Waals surface area (Å²) in [6.07, 6.45) is 5.30. The largest absolute Gasteiger partial charge is 0.481 e. The smallest absolute Gasteiger partial charge is 0.305 e. The van der Waals surface area contributed by atoms with E-state index in [1.807, 2.05) is 0 Å². The third kappa shape index (κ3) is 6.09. The number of aromatic nitrogens is 3. The highest BCUT2D eigenvalue weighted by Gasteiger charge is 2.43. The zero-order valence-corrected chi connectivity index (χ0v) is 22.4. The number of rotatable bonds is 8. The Kier molecular flexibility index (Phi) is 8.35. The molecule has 2 aromatic rings. The van der Waals surface area contributed by atoms with Gasteiger partial charge in [0.2, 0.25) is 5.91 Å². The first-order chi connectivity index (χ1) is 16.4. The molecule has 2 aromatic heterocycles. The molecule has 0 saturated heterocycles. The van der Waals surface area contributed by atoms with Crippen molar-refractivity contribution in [3.8, 4) is 0 Å². The van der Waals surface area contributed by atoms with Crippen LogP contribution in [0, 0.1) is 23.2 Å². The van der Waals surface area contributed by atoms with Gasteiger partial charge in [0, 0.05) is 18.4 Å². The fourth-order valence-electron chi connectivity index (χ4n) is 4.84. The number of pyridine rings is 1. The molecule has 9 nitrogen and oxygen atoms in total. The van der Waals surface area contributed by atoms with Crippen molar-refractivity contribution < 1.29 is 14.7 Å². The van der Waals surface area contributed by atoms with E-state index in [0.29, 0.717) is 33.5 Å². The standard InChI is InChI=1S/C25H34BrN5O4/c1-14-10-18(15(2)16(3)25(14,4)5)29-20-12-28-31(24(35)23(20)26)13-21(32)30-19(11-22(33)34)17-6-8-27-9-7-17/h6-9,12,14-16,18-19,29H,10-11,13H2,1-5H3,(H,30,32)(H,33,34)/t14-,15+,16+,18+,19?/m0/s1. The molecule has 190 valence electrons. The SMILES string of the molecule is C[C@@H]1[C@@H](C)C(C)(C)[C@@H](C)C[C@H]1Nc1cnn(CC(=O)NC(CC(=O)O)c2ccncc2)c(=O)c1Br. The number of hydrogen-bond donors (Lipinski definition) is 3. The lowest BCUT2D eigenvalue weighted by atomic mass is 9.58. The predicted octanol–water partition coefficient (Wildman–Crippen LogP) is 3.85. The van der Waals surface area contributed by atoms with Crippen molar-refractivity contribution in [1.82, 2.24) is 20.1 Å². The summed E-state index contributed by atoms with van der Waals surface area (Å²) in [5.74, 6) is -0.147. The number of carboxylic acid groups (broad SMARTS) is 1. The summed E-state index contributed by atoms with van der Waals surface area (Å²) in [5.41, 5.74) is 1.01. The molecule has 1 unspecified atom stereocenters. The third-order valence-corrected chi connectivity index (χ3v) is 8.68. The van der Waals surface area contributed by atoms with E-state index < -0.39 is 23.5 Å². The second kappa shape index (κ2) is 10.9. The minimum atomic E-state index is -1.05. The summed E-state index contributed by atoms with van der Waals surface area (Å²) in [6.45, 7) is 11.1. The molecule has 5 atom stereocenters. The van der Waals surface area contributed by atoms with E-state index in [9.17, 15) is 19.5 Å². The summed E-state index contributed by atoms with van der Waals surface area (Å²) < 4.78 is 1.38. The van der Waals surface area contributed by atoms with Crippen LogP contribution < -0.4 is 16.2 Å². The summed E-state index contributed by atoms with van der Waals surface area (Å²) in [4.78, 5) is 40.8. The van der Waals surface area contributed by atoms with E-state index in [1.54, 1.807) is 18.3 Å². The highest BCUT2D eigenvalue weighted by atomic mass is 79.9. The first-order valence-corrected chi connectivity index (χ1v) is 12.6. The Hall–Kier alpha value is -2.75.